The van der Waals surface area contributed by atoms with Crippen molar-refractivity contribution < 1.29 is 18.8 Å². The summed E-state index contributed by atoms with van der Waals surface area (Å²) < 4.78 is 10.5. The molecule has 1 saturated heterocycles. The molecule has 0 aliphatic carbocycles. The SMILES string of the molecule is CCc1cc(C(=O)N2CCOC(C)(C(=O)NC)C2)no1. The maximum absolute atomic E-state index is 12.3. The summed E-state index contributed by atoms with van der Waals surface area (Å²) in [6.45, 7) is 4.53. The van der Waals surface area contributed by atoms with Crippen molar-refractivity contribution in [2.75, 3.05) is 26.7 Å². The Bertz CT molecular complexity index is 513. The second kappa shape index (κ2) is 5.62. The molecule has 20 heavy (non-hydrogen) atoms. The van der Waals surface area contributed by atoms with Gasteiger partial charge in [0, 0.05) is 26.1 Å². The van der Waals surface area contributed by atoms with Gasteiger partial charge in [-0.15, -0.1) is 0 Å². The van der Waals surface area contributed by atoms with Gasteiger partial charge in [0.2, 0.25) is 0 Å². The van der Waals surface area contributed by atoms with Crippen molar-refractivity contribution in [2.45, 2.75) is 25.9 Å². The largest absolute Gasteiger partial charge is 0.362 e. The molecule has 0 aromatic carbocycles. The fourth-order valence-electron chi connectivity index (χ4n) is 2.19. The van der Waals surface area contributed by atoms with Crippen LogP contribution < -0.4 is 5.32 Å². The van der Waals surface area contributed by atoms with Crippen LogP contribution >= 0.6 is 0 Å². The zero-order valence-corrected chi connectivity index (χ0v) is 11.9. The van der Waals surface area contributed by atoms with Crippen LogP contribution in [0.15, 0.2) is 10.6 Å². The summed E-state index contributed by atoms with van der Waals surface area (Å²) in [5.41, 5.74) is -0.761. The van der Waals surface area contributed by atoms with E-state index in [1.54, 1.807) is 24.9 Å². The number of aromatic nitrogens is 1. The van der Waals surface area contributed by atoms with E-state index in [0.29, 0.717) is 25.3 Å². The van der Waals surface area contributed by atoms with E-state index in [1.807, 2.05) is 6.92 Å². The third kappa shape index (κ3) is 2.67. The number of nitrogens with zero attached hydrogens (tertiary/aromatic N) is 2. The summed E-state index contributed by atoms with van der Waals surface area (Å²) in [5.74, 6) is 0.173. The van der Waals surface area contributed by atoms with Crippen LogP contribution in [0.2, 0.25) is 0 Å². The molecule has 1 aliphatic rings. The van der Waals surface area contributed by atoms with Crippen LogP contribution in [0.5, 0.6) is 0 Å². The molecule has 2 heterocycles. The second-order valence-electron chi connectivity index (χ2n) is 4.92. The highest BCUT2D eigenvalue weighted by atomic mass is 16.5. The molecular formula is C13H19N3O4. The molecule has 1 aliphatic heterocycles. The summed E-state index contributed by atoms with van der Waals surface area (Å²) in [6.07, 6.45) is 0.680. The molecule has 0 spiro atoms. The fraction of sp³-hybridized carbons (Fsp3) is 0.615. The maximum Gasteiger partial charge on any atom is 0.276 e. The Balaban J connectivity index is 2.12. The van der Waals surface area contributed by atoms with E-state index in [9.17, 15) is 9.59 Å². The summed E-state index contributed by atoms with van der Waals surface area (Å²) in [5, 5.41) is 6.32. The molecule has 1 N–H and O–H groups in total. The molecule has 0 radical (unpaired) electrons. The van der Waals surface area contributed by atoms with Crippen molar-refractivity contribution in [3.05, 3.63) is 17.5 Å². The fourth-order valence-corrected chi connectivity index (χ4v) is 2.19. The molecule has 1 aromatic rings. The molecule has 110 valence electrons. The van der Waals surface area contributed by atoms with E-state index in [0.717, 1.165) is 0 Å². The van der Waals surface area contributed by atoms with Crippen LogP contribution in [0, 0.1) is 0 Å². The van der Waals surface area contributed by atoms with Crippen LogP contribution in [0.3, 0.4) is 0 Å². The minimum Gasteiger partial charge on any atom is -0.362 e. The van der Waals surface area contributed by atoms with Crippen LogP contribution in [0.25, 0.3) is 0 Å². The first kappa shape index (κ1) is 14.5. The van der Waals surface area contributed by atoms with Crippen molar-refractivity contribution in [3.63, 3.8) is 0 Å². The van der Waals surface area contributed by atoms with Gasteiger partial charge in [-0.2, -0.15) is 0 Å². The molecular weight excluding hydrogens is 262 g/mol. The molecule has 7 nitrogen and oxygen atoms in total. The van der Waals surface area contributed by atoms with Crippen molar-refractivity contribution >= 4 is 11.8 Å². The third-order valence-corrected chi connectivity index (χ3v) is 3.40. The Morgan fingerprint density at radius 3 is 2.90 bits per heavy atom. The number of amides is 2. The summed E-state index contributed by atoms with van der Waals surface area (Å²) in [6, 6.07) is 1.63. The average molecular weight is 281 g/mol. The highest BCUT2D eigenvalue weighted by molar-refractivity contribution is 5.93. The average Bonchev–Trinajstić information content (AvgIpc) is 2.94. The Morgan fingerprint density at radius 2 is 2.30 bits per heavy atom. The molecule has 1 unspecified atom stereocenters. The minimum absolute atomic E-state index is 0.194. The number of rotatable bonds is 3. The Kier molecular flexibility index (Phi) is 4.08. The molecule has 2 rings (SSSR count). The maximum atomic E-state index is 12.3. The van der Waals surface area contributed by atoms with E-state index in [4.69, 9.17) is 9.26 Å². The number of likely N-dealkylation sites (N-methyl/N-ethyl adjacent to an activating group) is 1. The predicted molar refractivity (Wildman–Crippen MR) is 70.2 cm³/mol. The molecule has 1 aromatic heterocycles. The second-order valence-corrected chi connectivity index (χ2v) is 4.92. The number of ether oxygens (including phenoxy) is 1. The Labute approximate surface area is 117 Å². The van der Waals surface area contributed by atoms with E-state index < -0.39 is 5.60 Å². The standard InChI is InChI=1S/C13H19N3O4/c1-4-9-7-10(15-20-9)11(17)16-5-6-19-13(2,8-16)12(18)14-3/h7H,4-6,8H2,1-3H3,(H,14,18). The van der Waals surface area contributed by atoms with Crippen molar-refractivity contribution in [1.29, 1.82) is 0 Å². The highest BCUT2D eigenvalue weighted by Crippen LogP contribution is 2.19. The molecule has 1 fully saturated rings. The van der Waals surface area contributed by atoms with Gasteiger partial charge in [0.05, 0.1) is 13.2 Å². The quantitative estimate of drug-likeness (QED) is 0.856. The summed E-state index contributed by atoms with van der Waals surface area (Å²) in [4.78, 5) is 25.7. The van der Waals surface area contributed by atoms with E-state index in [1.165, 1.54) is 0 Å². The minimum atomic E-state index is -1.03. The van der Waals surface area contributed by atoms with Crippen molar-refractivity contribution in [1.82, 2.24) is 15.4 Å². The van der Waals surface area contributed by atoms with Crippen LogP contribution in [0.4, 0.5) is 0 Å². The lowest BCUT2D eigenvalue weighted by molar-refractivity contribution is -0.153. The summed E-state index contributed by atoms with van der Waals surface area (Å²) in [7, 11) is 1.54. The van der Waals surface area contributed by atoms with Gasteiger partial charge in [0.15, 0.2) is 11.3 Å². The van der Waals surface area contributed by atoms with E-state index in [-0.39, 0.29) is 24.1 Å². The van der Waals surface area contributed by atoms with Gasteiger partial charge in [-0.05, 0) is 6.92 Å². The van der Waals surface area contributed by atoms with Crippen molar-refractivity contribution in [3.8, 4) is 0 Å². The zero-order valence-electron chi connectivity index (χ0n) is 11.9. The smallest absolute Gasteiger partial charge is 0.276 e. The predicted octanol–water partition coefficient (Wildman–Crippen LogP) is 0.214. The lowest BCUT2D eigenvalue weighted by atomic mass is 10.0. The zero-order chi connectivity index (χ0) is 14.8. The highest BCUT2D eigenvalue weighted by Gasteiger charge is 2.40. The lowest BCUT2D eigenvalue weighted by Crippen LogP contribution is -2.58. The van der Waals surface area contributed by atoms with Gasteiger partial charge in [-0.1, -0.05) is 12.1 Å². The normalized spacial score (nSPS) is 22.6. The topological polar surface area (TPSA) is 84.7 Å². The number of aryl methyl sites for hydroxylation is 1. The number of nitrogens with one attached hydrogen (secondary N) is 1. The number of carbonyl (C=O) groups excluding carboxylic acids is 2. The number of hydrogen-bond donors (Lipinski definition) is 1. The van der Waals surface area contributed by atoms with Crippen LogP contribution in [-0.2, 0) is 16.0 Å². The number of morpholine rings is 1. The number of hydrogen-bond acceptors (Lipinski definition) is 5. The first-order valence-corrected chi connectivity index (χ1v) is 6.61. The third-order valence-electron chi connectivity index (χ3n) is 3.40. The van der Waals surface area contributed by atoms with Gasteiger partial charge in [-0.25, -0.2) is 0 Å². The van der Waals surface area contributed by atoms with E-state index >= 15 is 0 Å². The molecule has 2 amide bonds. The monoisotopic (exact) mass is 281 g/mol. The van der Waals surface area contributed by atoms with Crippen LogP contribution in [-0.4, -0.2) is 54.2 Å². The Morgan fingerprint density at radius 1 is 1.55 bits per heavy atom. The first-order valence-electron chi connectivity index (χ1n) is 6.61. The number of carbonyl (C=O) groups is 2. The molecule has 7 heteroatoms. The van der Waals surface area contributed by atoms with Gasteiger partial charge in [0.1, 0.15) is 5.76 Å². The van der Waals surface area contributed by atoms with E-state index in [2.05, 4.69) is 10.5 Å². The van der Waals surface area contributed by atoms with Gasteiger partial charge in [0.25, 0.3) is 11.8 Å². The molecule has 0 saturated carbocycles. The molecule has 0 bridgehead atoms. The molecule has 1 atom stereocenters. The summed E-state index contributed by atoms with van der Waals surface area (Å²) >= 11 is 0. The van der Waals surface area contributed by atoms with Gasteiger partial charge >= 0.3 is 0 Å². The van der Waals surface area contributed by atoms with Crippen LogP contribution in [0.1, 0.15) is 30.1 Å². The van der Waals surface area contributed by atoms with Gasteiger partial charge < -0.3 is 19.5 Å². The first-order chi connectivity index (χ1) is 9.50. The lowest BCUT2D eigenvalue weighted by Gasteiger charge is -2.38. The van der Waals surface area contributed by atoms with Gasteiger partial charge in [-0.3, -0.25) is 9.59 Å². The van der Waals surface area contributed by atoms with Crippen molar-refractivity contribution in [2.24, 2.45) is 0 Å². The Hall–Kier alpha value is -1.89.